The first kappa shape index (κ1) is 27.3. The van der Waals surface area contributed by atoms with Gasteiger partial charge < -0.3 is 36.6 Å². The van der Waals surface area contributed by atoms with Crippen LogP contribution >= 0.6 is 0 Å². The van der Waals surface area contributed by atoms with Gasteiger partial charge in [0.2, 0.25) is 17.7 Å². The Morgan fingerprint density at radius 2 is 1.75 bits per heavy atom. The van der Waals surface area contributed by atoms with E-state index < -0.39 is 72.3 Å². The van der Waals surface area contributed by atoms with Gasteiger partial charge in [0, 0.05) is 13.0 Å². The van der Waals surface area contributed by atoms with Crippen molar-refractivity contribution in [2.45, 2.75) is 83.1 Å². The molecule has 1 aliphatic rings. The van der Waals surface area contributed by atoms with Gasteiger partial charge in [-0.05, 0) is 32.1 Å². The summed E-state index contributed by atoms with van der Waals surface area (Å²) in [5, 5.41) is 32.8. The highest BCUT2D eigenvalue weighted by Gasteiger charge is 2.39. The van der Waals surface area contributed by atoms with E-state index in [1.807, 2.05) is 0 Å². The van der Waals surface area contributed by atoms with Gasteiger partial charge in [-0.2, -0.15) is 0 Å². The van der Waals surface area contributed by atoms with Gasteiger partial charge in [-0.3, -0.25) is 19.2 Å². The number of hydrogen-bond acceptors (Lipinski definition) is 7. The molecule has 3 amide bonds. The van der Waals surface area contributed by atoms with E-state index in [2.05, 4.69) is 10.6 Å². The van der Waals surface area contributed by atoms with Gasteiger partial charge in [0.1, 0.15) is 24.2 Å². The largest absolute Gasteiger partial charge is 0.481 e. The quantitative estimate of drug-likeness (QED) is 0.204. The summed E-state index contributed by atoms with van der Waals surface area (Å²) in [6, 6.07) is -4.64. The average molecular weight is 459 g/mol. The van der Waals surface area contributed by atoms with E-state index in [4.69, 9.17) is 10.8 Å². The van der Waals surface area contributed by atoms with Crippen molar-refractivity contribution in [3.63, 3.8) is 0 Å². The molecule has 6 unspecified atom stereocenters. The third-order valence-electron chi connectivity index (χ3n) is 5.70. The highest BCUT2D eigenvalue weighted by molar-refractivity contribution is 5.94. The van der Waals surface area contributed by atoms with E-state index in [0.29, 0.717) is 19.3 Å². The fourth-order valence-corrected chi connectivity index (χ4v) is 3.44. The fraction of sp³-hybridized carbons (Fsp3) is 0.750. The van der Waals surface area contributed by atoms with Gasteiger partial charge in [0.25, 0.3) is 0 Å². The molecule has 7 N–H and O–H groups in total. The molecule has 12 heteroatoms. The zero-order chi connectivity index (χ0) is 24.6. The first-order valence-electron chi connectivity index (χ1n) is 10.7. The van der Waals surface area contributed by atoms with E-state index in [0.717, 1.165) is 0 Å². The van der Waals surface area contributed by atoms with Crippen LogP contribution in [0.4, 0.5) is 0 Å². The monoisotopic (exact) mass is 458 g/mol. The van der Waals surface area contributed by atoms with Gasteiger partial charge in [0.05, 0.1) is 6.10 Å². The maximum Gasteiger partial charge on any atom is 0.326 e. The standard InChI is InChI=1S/C20H34N4O8/c1-4-10(2)16(20(31)32)23-17(28)12(7-8-14(26)27)22-18(29)13-6-5-9-24(13)19(30)15(21)11(3)25/h10-13,15-16,25H,4-9,21H2,1-3H3,(H,22,29)(H,23,28)(H,26,27)(H,31,32). The minimum absolute atomic E-state index is 0.248. The number of nitrogens with one attached hydrogen (secondary N) is 2. The maximum atomic E-state index is 12.9. The molecule has 182 valence electrons. The van der Waals surface area contributed by atoms with Gasteiger partial charge in [-0.1, -0.05) is 20.3 Å². The molecule has 1 aliphatic heterocycles. The topological polar surface area (TPSA) is 199 Å². The van der Waals surface area contributed by atoms with Crippen LogP contribution in [0.25, 0.3) is 0 Å². The normalized spacial score (nSPS) is 20.5. The Morgan fingerprint density at radius 1 is 1.12 bits per heavy atom. The number of likely N-dealkylation sites (tertiary alicyclic amines) is 1. The van der Waals surface area contributed by atoms with E-state index in [-0.39, 0.29) is 13.0 Å². The van der Waals surface area contributed by atoms with Crippen LogP contribution in [0, 0.1) is 5.92 Å². The molecule has 1 rings (SSSR count). The van der Waals surface area contributed by atoms with E-state index in [1.54, 1.807) is 13.8 Å². The Kier molecular flexibility index (Phi) is 10.5. The zero-order valence-electron chi connectivity index (χ0n) is 18.6. The molecule has 6 atom stereocenters. The second-order valence-electron chi connectivity index (χ2n) is 8.16. The lowest BCUT2D eigenvalue weighted by molar-refractivity contribution is -0.145. The molecule has 32 heavy (non-hydrogen) atoms. The van der Waals surface area contributed by atoms with Crippen molar-refractivity contribution < 1.29 is 39.3 Å². The second-order valence-corrected chi connectivity index (χ2v) is 8.16. The molecule has 0 aromatic rings. The zero-order valence-corrected chi connectivity index (χ0v) is 18.6. The summed E-state index contributed by atoms with van der Waals surface area (Å²) in [6.45, 7) is 5.02. The van der Waals surface area contributed by atoms with Gasteiger partial charge >= 0.3 is 11.9 Å². The van der Waals surface area contributed by atoms with Crippen LogP contribution in [0.1, 0.15) is 52.9 Å². The number of nitrogens with two attached hydrogens (primary N) is 1. The number of amides is 3. The molecular formula is C20H34N4O8. The molecule has 0 saturated carbocycles. The molecule has 1 heterocycles. The number of carbonyl (C=O) groups excluding carboxylic acids is 3. The number of carbonyl (C=O) groups is 5. The lowest BCUT2D eigenvalue weighted by atomic mass is 9.98. The molecule has 0 aliphatic carbocycles. The SMILES string of the molecule is CCC(C)C(NC(=O)C(CCC(=O)O)NC(=O)C1CCCN1C(=O)C(N)C(C)O)C(=O)O. The third-order valence-corrected chi connectivity index (χ3v) is 5.70. The number of aliphatic hydroxyl groups is 1. The van der Waals surface area contributed by atoms with Crippen LogP contribution in [-0.4, -0.2) is 86.7 Å². The van der Waals surface area contributed by atoms with Crippen molar-refractivity contribution >= 4 is 29.7 Å². The summed E-state index contributed by atoms with van der Waals surface area (Å²) >= 11 is 0. The number of hydrogen-bond donors (Lipinski definition) is 6. The summed E-state index contributed by atoms with van der Waals surface area (Å²) in [7, 11) is 0. The second kappa shape index (κ2) is 12.3. The van der Waals surface area contributed by atoms with Crippen LogP contribution in [0.2, 0.25) is 0 Å². The number of carboxylic acids is 2. The first-order chi connectivity index (χ1) is 14.9. The van der Waals surface area contributed by atoms with Crippen LogP contribution < -0.4 is 16.4 Å². The molecule has 1 saturated heterocycles. The van der Waals surface area contributed by atoms with Gasteiger partial charge in [0.15, 0.2) is 0 Å². The van der Waals surface area contributed by atoms with Crippen LogP contribution in [0.15, 0.2) is 0 Å². The van der Waals surface area contributed by atoms with E-state index in [9.17, 15) is 34.2 Å². The summed E-state index contributed by atoms with van der Waals surface area (Å²) in [6.07, 6.45) is -0.506. The minimum atomic E-state index is -1.30. The Balaban J connectivity index is 2.98. The molecule has 0 bridgehead atoms. The van der Waals surface area contributed by atoms with E-state index in [1.165, 1.54) is 11.8 Å². The van der Waals surface area contributed by atoms with Crippen LogP contribution in [-0.2, 0) is 24.0 Å². The molecule has 0 radical (unpaired) electrons. The third kappa shape index (κ3) is 7.45. The Morgan fingerprint density at radius 3 is 2.25 bits per heavy atom. The highest BCUT2D eigenvalue weighted by Crippen LogP contribution is 2.19. The minimum Gasteiger partial charge on any atom is -0.481 e. The summed E-state index contributed by atoms with van der Waals surface area (Å²) in [5.41, 5.74) is 5.70. The Hall–Kier alpha value is -2.73. The van der Waals surface area contributed by atoms with Crippen molar-refractivity contribution in [3.05, 3.63) is 0 Å². The molecule has 12 nitrogen and oxygen atoms in total. The van der Waals surface area contributed by atoms with Crippen LogP contribution in [0.3, 0.4) is 0 Å². The Bertz CT molecular complexity index is 714. The summed E-state index contributed by atoms with van der Waals surface area (Å²) < 4.78 is 0. The molecule has 1 fully saturated rings. The highest BCUT2D eigenvalue weighted by atomic mass is 16.4. The number of nitrogens with zero attached hydrogens (tertiary/aromatic N) is 1. The fourth-order valence-electron chi connectivity index (χ4n) is 3.44. The lowest BCUT2D eigenvalue weighted by Gasteiger charge is -2.29. The number of rotatable bonds is 12. The number of aliphatic hydroxyl groups excluding tert-OH is 1. The number of carboxylic acid groups (broad SMARTS) is 2. The van der Waals surface area contributed by atoms with Crippen molar-refractivity contribution in [1.29, 1.82) is 0 Å². The molecule has 0 spiro atoms. The summed E-state index contributed by atoms with van der Waals surface area (Å²) in [4.78, 5) is 61.9. The van der Waals surface area contributed by atoms with Crippen molar-refractivity contribution in [2.24, 2.45) is 11.7 Å². The predicted octanol–water partition coefficient (Wildman–Crippen LogP) is -1.35. The lowest BCUT2D eigenvalue weighted by Crippen LogP contribution is -2.58. The smallest absolute Gasteiger partial charge is 0.326 e. The summed E-state index contributed by atoms with van der Waals surface area (Å²) in [5.74, 6) is -4.91. The van der Waals surface area contributed by atoms with Gasteiger partial charge in [-0.15, -0.1) is 0 Å². The van der Waals surface area contributed by atoms with Crippen LogP contribution in [0.5, 0.6) is 0 Å². The average Bonchev–Trinajstić information content (AvgIpc) is 3.22. The van der Waals surface area contributed by atoms with E-state index >= 15 is 0 Å². The molecular weight excluding hydrogens is 424 g/mol. The van der Waals surface area contributed by atoms with Crippen molar-refractivity contribution in [2.75, 3.05) is 6.54 Å². The predicted molar refractivity (Wildman–Crippen MR) is 112 cm³/mol. The number of aliphatic carboxylic acids is 2. The Labute approximate surface area is 186 Å². The maximum absolute atomic E-state index is 12.9. The van der Waals surface area contributed by atoms with Gasteiger partial charge in [-0.25, -0.2) is 4.79 Å². The first-order valence-corrected chi connectivity index (χ1v) is 10.7. The molecule has 0 aromatic heterocycles. The van der Waals surface area contributed by atoms with Crippen molar-refractivity contribution in [3.8, 4) is 0 Å². The molecule has 0 aromatic carbocycles. The van der Waals surface area contributed by atoms with Crippen molar-refractivity contribution in [1.82, 2.24) is 15.5 Å².